The first-order valence-electron chi connectivity index (χ1n) is 11.4. The van der Waals surface area contributed by atoms with Gasteiger partial charge in [-0.1, -0.05) is 38.8 Å². The van der Waals surface area contributed by atoms with Crippen LogP contribution in [-0.2, 0) is 25.4 Å². The quantitative estimate of drug-likeness (QED) is 0.205. The number of Topliss-reactive ketones (excluding diaryl/α,β-unsaturated/α-hetero) is 1. The third-order valence-corrected chi connectivity index (χ3v) is 6.50. The second kappa shape index (κ2) is 9.60. The van der Waals surface area contributed by atoms with Gasteiger partial charge in [0.25, 0.3) is 5.88 Å². The number of nitrogens with zero attached hydrogens (tertiary/aromatic N) is 2. The zero-order valence-electron chi connectivity index (χ0n) is 19.4. The minimum Gasteiger partial charge on any atom is -0.436 e. The van der Waals surface area contributed by atoms with Crippen LogP contribution in [0.15, 0.2) is 18.5 Å². The lowest BCUT2D eigenvalue weighted by molar-refractivity contribution is -0.138. The van der Waals surface area contributed by atoms with Gasteiger partial charge in [-0.05, 0) is 36.8 Å². The number of fused-ring (bicyclic) bond motifs is 3. The van der Waals surface area contributed by atoms with E-state index in [2.05, 4.69) is 15.0 Å². The van der Waals surface area contributed by atoms with E-state index >= 15 is 4.39 Å². The first kappa shape index (κ1) is 25.2. The normalized spacial score (nSPS) is 13.8. The van der Waals surface area contributed by atoms with Crippen molar-refractivity contribution < 1.29 is 27.1 Å². The fraction of sp³-hybridized carbons (Fsp3) is 0.400. The first-order chi connectivity index (χ1) is 16.6. The number of carbonyl (C=O) groups is 1. The molecule has 10 heteroatoms. The molecule has 0 radical (unpaired) electrons. The van der Waals surface area contributed by atoms with Crippen LogP contribution in [0.25, 0.3) is 11.3 Å². The van der Waals surface area contributed by atoms with Gasteiger partial charge in [0.1, 0.15) is 16.5 Å². The lowest BCUT2D eigenvalue weighted by atomic mass is 9.85. The van der Waals surface area contributed by atoms with Crippen LogP contribution < -0.4 is 4.74 Å². The van der Waals surface area contributed by atoms with Gasteiger partial charge in [-0.2, -0.15) is 13.2 Å². The SMILES string of the molecule is CCCc1[nH]c2c(c1C(=O)C(C)CC)CCc1cnc(Oc3cc(Cl)ncc3C(F)(F)F)c(F)c1-2. The van der Waals surface area contributed by atoms with Crippen molar-refractivity contribution in [3.63, 3.8) is 0 Å². The monoisotopic (exact) mass is 509 g/mol. The number of alkyl halides is 3. The Labute approximate surface area is 204 Å². The molecule has 0 fully saturated rings. The van der Waals surface area contributed by atoms with Crippen LogP contribution in [0.4, 0.5) is 17.6 Å². The van der Waals surface area contributed by atoms with Crippen molar-refractivity contribution in [2.75, 3.05) is 0 Å². The highest BCUT2D eigenvalue weighted by Gasteiger charge is 2.37. The molecule has 3 aromatic heterocycles. The third-order valence-electron chi connectivity index (χ3n) is 6.29. The van der Waals surface area contributed by atoms with Crippen molar-refractivity contribution in [1.82, 2.24) is 15.0 Å². The van der Waals surface area contributed by atoms with Gasteiger partial charge < -0.3 is 9.72 Å². The largest absolute Gasteiger partial charge is 0.436 e. The number of aryl methyl sites for hydroxylation is 2. The van der Waals surface area contributed by atoms with Crippen LogP contribution in [0.5, 0.6) is 11.6 Å². The Balaban J connectivity index is 1.84. The van der Waals surface area contributed by atoms with E-state index in [1.54, 1.807) is 0 Å². The molecule has 35 heavy (non-hydrogen) atoms. The lowest BCUT2D eigenvalue weighted by Crippen LogP contribution is -2.15. The average molecular weight is 510 g/mol. The molecule has 3 heterocycles. The van der Waals surface area contributed by atoms with Gasteiger partial charge in [0.2, 0.25) is 0 Å². The summed E-state index contributed by atoms with van der Waals surface area (Å²) in [6.07, 6.45) is 0.163. The van der Waals surface area contributed by atoms with Gasteiger partial charge in [-0.25, -0.2) is 14.4 Å². The number of hydrogen-bond acceptors (Lipinski definition) is 4. The molecule has 1 unspecified atom stereocenters. The minimum absolute atomic E-state index is 0.00378. The smallest absolute Gasteiger partial charge is 0.421 e. The van der Waals surface area contributed by atoms with Gasteiger partial charge in [-0.15, -0.1) is 0 Å². The number of ether oxygens (including phenoxy) is 1. The molecule has 4 rings (SSSR count). The van der Waals surface area contributed by atoms with Crippen molar-refractivity contribution in [3.05, 3.63) is 57.4 Å². The van der Waals surface area contributed by atoms with E-state index < -0.39 is 29.2 Å². The van der Waals surface area contributed by atoms with Crippen LogP contribution >= 0.6 is 11.6 Å². The summed E-state index contributed by atoms with van der Waals surface area (Å²) in [6, 6.07) is 0.868. The Kier molecular flexibility index (Phi) is 6.90. The van der Waals surface area contributed by atoms with Crippen molar-refractivity contribution in [3.8, 4) is 22.9 Å². The molecule has 0 amide bonds. The highest BCUT2D eigenvalue weighted by atomic mass is 35.5. The molecule has 5 nitrogen and oxygen atoms in total. The van der Waals surface area contributed by atoms with E-state index in [1.165, 1.54) is 6.20 Å². The molecule has 186 valence electrons. The fourth-order valence-electron chi connectivity index (χ4n) is 4.34. The standard InChI is InChI=1S/C25H24ClF4N3O2/c1-4-6-16-20(23(34)12(3)5-2)14-8-7-13-10-32-24(21(27)19(13)22(14)33-16)35-17-9-18(26)31-11-15(17)25(28,29)30/h9-12,33H,4-8H2,1-3H3. The molecule has 0 aliphatic heterocycles. The molecular weight excluding hydrogens is 486 g/mol. The van der Waals surface area contributed by atoms with Crippen LogP contribution in [0, 0.1) is 11.7 Å². The molecule has 0 saturated heterocycles. The highest BCUT2D eigenvalue weighted by molar-refractivity contribution is 6.29. The molecule has 0 aromatic carbocycles. The molecule has 1 N–H and O–H groups in total. The van der Waals surface area contributed by atoms with Crippen LogP contribution in [-0.4, -0.2) is 20.7 Å². The predicted molar refractivity (Wildman–Crippen MR) is 123 cm³/mol. The second-order valence-corrected chi connectivity index (χ2v) is 9.02. The summed E-state index contributed by atoms with van der Waals surface area (Å²) in [4.78, 5) is 23.8. The molecule has 1 aliphatic carbocycles. The van der Waals surface area contributed by atoms with Gasteiger partial charge in [0.15, 0.2) is 11.6 Å². The van der Waals surface area contributed by atoms with E-state index in [4.69, 9.17) is 16.3 Å². The zero-order chi connectivity index (χ0) is 25.5. The lowest BCUT2D eigenvalue weighted by Gasteiger charge is -2.20. The Morgan fingerprint density at radius 3 is 2.63 bits per heavy atom. The van der Waals surface area contributed by atoms with Crippen molar-refractivity contribution in [2.45, 2.75) is 59.1 Å². The van der Waals surface area contributed by atoms with Crippen LogP contribution in [0.3, 0.4) is 0 Å². The highest BCUT2D eigenvalue weighted by Crippen LogP contribution is 2.43. The van der Waals surface area contributed by atoms with E-state index in [-0.39, 0.29) is 22.4 Å². The molecule has 3 aromatic rings. The third kappa shape index (κ3) is 4.66. The second-order valence-electron chi connectivity index (χ2n) is 8.64. The maximum Gasteiger partial charge on any atom is 0.421 e. The number of rotatable bonds is 7. The number of hydrogen-bond donors (Lipinski definition) is 1. The number of halogens is 5. The number of carbonyl (C=O) groups excluding carboxylic acids is 1. The van der Waals surface area contributed by atoms with Gasteiger partial charge >= 0.3 is 6.18 Å². The fourth-order valence-corrected chi connectivity index (χ4v) is 4.48. The summed E-state index contributed by atoms with van der Waals surface area (Å²) >= 11 is 5.76. The summed E-state index contributed by atoms with van der Waals surface area (Å²) in [5, 5.41) is -0.240. The molecule has 0 spiro atoms. The van der Waals surface area contributed by atoms with E-state index in [1.807, 2.05) is 20.8 Å². The predicted octanol–water partition coefficient (Wildman–Crippen LogP) is 7.36. The Bertz CT molecular complexity index is 1290. The maximum atomic E-state index is 15.8. The van der Waals surface area contributed by atoms with Crippen LogP contribution in [0.1, 0.15) is 66.4 Å². The summed E-state index contributed by atoms with van der Waals surface area (Å²) in [6.45, 7) is 5.79. The van der Waals surface area contributed by atoms with E-state index in [0.29, 0.717) is 48.7 Å². The first-order valence-corrected chi connectivity index (χ1v) is 11.8. The van der Waals surface area contributed by atoms with Gasteiger partial charge in [0.05, 0.1) is 5.69 Å². The number of pyridine rings is 2. The van der Waals surface area contributed by atoms with Gasteiger partial charge in [0, 0.05) is 41.2 Å². The number of aromatic amines is 1. The Morgan fingerprint density at radius 1 is 1.23 bits per heavy atom. The van der Waals surface area contributed by atoms with Crippen molar-refractivity contribution >= 4 is 17.4 Å². The Hall–Kier alpha value is -2.94. The number of nitrogens with one attached hydrogen (secondary N) is 1. The summed E-state index contributed by atoms with van der Waals surface area (Å²) in [7, 11) is 0. The summed E-state index contributed by atoms with van der Waals surface area (Å²) in [5.41, 5.74) is 2.06. The molecule has 1 atom stereocenters. The van der Waals surface area contributed by atoms with Crippen molar-refractivity contribution in [2.24, 2.45) is 5.92 Å². The molecule has 0 bridgehead atoms. The van der Waals surface area contributed by atoms with Gasteiger partial charge in [-0.3, -0.25) is 4.79 Å². The van der Waals surface area contributed by atoms with E-state index in [0.717, 1.165) is 23.7 Å². The molecule has 0 saturated carbocycles. The number of aromatic nitrogens is 3. The topological polar surface area (TPSA) is 67.9 Å². The Morgan fingerprint density at radius 2 is 1.97 bits per heavy atom. The minimum atomic E-state index is -4.79. The molecular formula is C25H24ClF4N3O2. The molecule has 1 aliphatic rings. The zero-order valence-corrected chi connectivity index (χ0v) is 20.2. The number of ketones is 1. The van der Waals surface area contributed by atoms with Crippen molar-refractivity contribution in [1.29, 1.82) is 0 Å². The maximum absolute atomic E-state index is 15.8. The van der Waals surface area contributed by atoms with E-state index in [9.17, 15) is 18.0 Å². The summed E-state index contributed by atoms with van der Waals surface area (Å²) in [5.74, 6) is -2.41. The summed E-state index contributed by atoms with van der Waals surface area (Å²) < 4.78 is 61.4. The average Bonchev–Trinajstić information content (AvgIpc) is 3.17. The van der Waals surface area contributed by atoms with Crippen LogP contribution in [0.2, 0.25) is 5.15 Å². The number of H-pyrrole nitrogens is 1.